The van der Waals surface area contributed by atoms with Crippen LogP contribution >= 0.6 is 0 Å². The molecule has 0 amide bonds. The first-order chi connectivity index (χ1) is 38.8. The van der Waals surface area contributed by atoms with Crippen LogP contribution in [0, 0.1) is 58.3 Å². The minimum Gasteiger partial charge on any atom is -0.574 e. The summed E-state index contributed by atoms with van der Waals surface area (Å²) >= 11 is 0. The number of nitrogens with one attached hydrogen (secondary N) is 2. The van der Waals surface area contributed by atoms with Gasteiger partial charge in [-0.05, 0) is 123 Å². The Morgan fingerprint density at radius 2 is 0.585 bits per heavy atom. The zero-order valence-electron chi connectivity index (χ0n) is 44.2. The van der Waals surface area contributed by atoms with Crippen molar-refractivity contribution in [1.82, 2.24) is 60.7 Å². The fourth-order valence-electron chi connectivity index (χ4n) is 7.52. The first-order valence-corrected chi connectivity index (χ1v) is 24.5. The number of H-pyrrole nitrogens is 2. The molecule has 2 N–H and O–H groups in total. The predicted octanol–water partition coefficient (Wildman–Crippen LogP) is 12.6. The summed E-state index contributed by atoms with van der Waals surface area (Å²) < 4.78 is 0. The van der Waals surface area contributed by atoms with Crippen LogP contribution < -0.4 is 10.2 Å². The minimum absolute atomic E-state index is 0. The van der Waals surface area contributed by atoms with E-state index >= 15 is 0 Å². The number of aryl methyl sites for hydroxylation is 4. The summed E-state index contributed by atoms with van der Waals surface area (Å²) in [4.78, 5) is 34.3. The van der Waals surface area contributed by atoms with E-state index in [0.717, 1.165) is 113 Å². The summed E-state index contributed by atoms with van der Waals surface area (Å²) in [5.41, 5.74) is 19.1. The molecule has 416 valence electrons. The van der Waals surface area contributed by atoms with Crippen LogP contribution in [0.15, 0.2) is 218 Å². The molecule has 20 nitrogen and oxygen atoms in total. The molecule has 0 bridgehead atoms. The molecule has 0 unspecified atom stereocenters. The molecule has 82 heavy (non-hydrogen) atoms. The van der Waals surface area contributed by atoms with Gasteiger partial charge < -0.3 is 51.0 Å². The molecule has 0 saturated heterocycles. The Kier molecular flexibility index (Phi) is 24.4. The number of aromatic nitrogens is 12. The van der Waals surface area contributed by atoms with Gasteiger partial charge in [0.25, 0.3) is 0 Å². The van der Waals surface area contributed by atoms with Crippen molar-refractivity contribution >= 4 is 0 Å². The monoisotopic (exact) mass is 1180 g/mol. The van der Waals surface area contributed by atoms with E-state index in [9.17, 15) is 0 Å². The molecule has 0 aliphatic carbocycles. The van der Waals surface area contributed by atoms with Crippen LogP contribution in [-0.4, -0.2) is 60.7 Å². The second-order valence-electron chi connectivity index (χ2n) is 17.1. The van der Waals surface area contributed by atoms with E-state index in [2.05, 4.69) is 85.0 Å². The quantitative estimate of drug-likeness (QED) is 0.0811. The SMILES string of the molecule is Cc1cccc(-c2cc(-c3ccccc3)[n-]n2)n1.Cc1cccc(-c2cc(-c3ccccc3)[n-]n2)n1.Cc1cccc(-c2cc(-c3ccccc3)[nH]n2)n1.Cc1cccc(-c2cc(-c3ccccc3)[nH]n2)n1.O=[N+]([O-])[O-].O=[N+]([O-])[O-].[Ni+2].[Ni+2]. The van der Waals surface area contributed by atoms with Crippen molar-refractivity contribution in [3.8, 4) is 90.6 Å². The fourth-order valence-corrected chi connectivity index (χ4v) is 7.52. The zero-order valence-corrected chi connectivity index (χ0v) is 46.2. The van der Waals surface area contributed by atoms with Crippen LogP contribution in [0.3, 0.4) is 0 Å². The third-order valence-electron chi connectivity index (χ3n) is 11.1. The molecular weight excluding hydrogens is 1130 g/mol. The fraction of sp³-hybridized carbons (Fsp3) is 0.0667. The predicted molar refractivity (Wildman–Crippen MR) is 307 cm³/mol. The van der Waals surface area contributed by atoms with Crippen molar-refractivity contribution in [3.05, 3.63) is 272 Å². The molecule has 0 fully saturated rings. The van der Waals surface area contributed by atoms with Gasteiger partial charge in [-0.1, -0.05) is 146 Å². The maximum atomic E-state index is 8.25. The normalized spacial score (nSPS) is 9.80. The minimum atomic E-state index is -1.75. The van der Waals surface area contributed by atoms with Crippen LogP contribution in [0.25, 0.3) is 90.6 Å². The summed E-state index contributed by atoms with van der Waals surface area (Å²) in [5.74, 6) is 0. The third-order valence-corrected chi connectivity index (χ3v) is 11.1. The number of benzene rings is 4. The van der Waals surface area contributed by atoms with Gasteiger partial charge in [-0.3, -0.25) is 30.1 Å². The van der Waals surface area contributed by atoms with Crippen molar-refractivity contribution in [2.45, 2.75) is 27.7 Å². The first kappa shape index (κ1) is 62.5. The molecule has 8 aromatic heterocycles. The van der Waals surface area contributed by atoms with E-state index in [1.807, 2.05) is 222 Å². The smallest absolute Gasteiger partial charge is 0.574 e. The second kappa shape index (κ2) is 31.9. The average molecular weight is 1180 g/mol. The van der Waals surface area contributed by atoms with Gasteiger partial charge in [0.05, 0.1) is 55.7 Å². The van der Waals surface area contributed by atoms with E-state index < -0.39 is 10.2 Å². The first-order valence-electron chi connectivity index (χ1n) is 24.5. The van der Waals surface area contributed by atoms with Crippen LogP contribution in [0.1, 0.15) is 22.8 Å². The van der Waals surface area contributed by atoms with E-state index in [0.29, 0.717) is 0 Å². The van der Waals surface area contributed by atoms with Crippen molar-refractivity contribution in [1.29, 1.82) is 0 Å². The summed E-state index contributed by atoms with van der Waals surface area (Å²) in [6.07, 6.45) is 0. The molecule has 0 radical (unpaired) electrons. The molecule has 0 aliphatic rings. The number of pyridine rings is 4. The maximum Gasteiger partial charge on any atom is 2.00 e. The molecule has 0 aliphatic heterocycles. The number of nitrogens with zero attached hydrogens (tertiary/aromatic N) is 12. The maximum absolute atomic E-state index is 8.25. The van der Waals surface area contributed by atoms with Crippen molar-refractivity contribution < 1.29 is 43.2 Å². The van der Waals surface area contributed by atoms with Gasteiger partial charge in [-0.25, -0.2) is 0 Å². The topological polar surface area (TPSA) is 295 Å². The number of hydrogen-bond acceptors (Lipinski definition) is 14. The summed E-state index contributed by atoms with van der Waals surface area (Å²) in [6.45, 7) is 7.90. The molecule has 0 spiro atoms. The zero-order chi connectivity index (χ0) is 56.6. The standard InChI is InChI=1S/2C15H13N3.2C15H12N3.2NO3.2Ni/c4*1-11-6-5-9-13(16-11)15-10-14(17-18-15)12-7-3-2-4-8-12;2*2-1(3)4;;/h2*2-10H,1H3,(H,17,18);2*2-10H,1H3;;;;/q;;4*-1;2*+2. The van der Waals surface area contributed by atoms with Gasteiger partial charge in [0.2, 0.25) is 0 Å². The average Bonchev–Trinajstić information content (AvgIpc) is 4.38. The van der Waals surface area contributed by atoms with Gasteiger partial charge in [-0.2, -0.15) is 10.2 Å². The van der Waals surface area contributed by atoms with Crippen molar-refractivity contribution in [3.63, 3.8) is 0 Å². The van der Waals surface area contributed by atoms with Gasteiger partial charge in [0, 0.05) is 22.8 Å². The molecular formula is C60H50N14Ni2O6. The van der Waals surface area contributed by atoms with Crippen molar-refractivity contribution in [2.75, 3.05) is 0 Å². The molecule has 4 aromatic carbocycles. The Labute approximate surface area is 491 Å². The summed E-state index contributed by atoms with van der Waals surface area (Å²) in [6, 6.07) is 72.0. The number of aromatic amines is 2. The molecule has 12 aromatic rings. The van der Waals surface area contributed by atoms with E-state index in [1.54, 1.807) is 0 Å². The Hall–Kier alpha value is -10.3. The Bertz CT molecular complexity index is 3350. The summed E-state index contributed by atoms with van der Waals surface area (Å²) in [7, 11) is 0. The summed E-state index contributed by atoms with van der Waals surface area (Å²) in [5, 5.41) is 61.0. The largest absolute Gasteiger partial charge is 2.00 e. The Morgan fingerprint density at radius 1 is 0.329 bits per heavy atom. The van der Waals surface area contributed by atoms with E-state index in [-0.39, 0.29) is 33.0 Å². The van der Waals surface area contributed by atoms with E-state index in [4.69, 9.17) is 30.6 Å². The molecule has 0 saturated carbocycles. The van der Waals surface area contributed by atoms with Gasteiger partial charge in [0.15, 0.2) is 0 Å². The van der Waals surface area contributed by atoms with Crippen molar-refractivity contribution in [2.24, 2.45) is 0 Å². The Morgan fingerprint density at radius 3 is 0.854 bits per heavy atom. The molecule has 8 heterocycles. The third kappa shape index (κ3) is 19.6. The Balaban J connectivity index is 0.000000190. The van der Waals surface area contributed by atoms with Crippen LogP contribution in [0.5, 0.6) is 0 Å². The number of rotatable bonds is 8. The molecule has 0 atom stereocenters. The van der Waals surface area contributed by atoms with Gasteiger partial charge in [0.1, 0.15) is 11.4 Å². The molecule has 22 heteroatoms. The van der Waals surface area contributed by atoms with Gasteiger partial charge in [-0.15, -0.1) is 11.4 Å². The number of hydrogen-bond donors (Lipinski definition) is 2. The van der Waals surface area contributed by atoms with Crippen LogP contribution in [0.4, 0.5) is 0 Å². The second-order valence-corrected chi connectivity index (χ2v) is 17.1. The van der Waals surface area contributed by atoms with E-state index in [1.165, 1.54) is 0 Å². The van der Waals surface area contributed by atoms with Gasteiger partial charge >= 0.3 is 33.0 Å². The van der Waals surface area contributed by atoms with Crippen LogP contribution in [-0.2, 0) is 33.0 Å². The molecule has 12 rings (SSSR count). The van der Waals surface area contributed by atoms with Crippen LogP contribution in [0.2, 0.25) is 0 Å².